The van der Waals surface area contributed by atoms with Gasteiger partial charge in [-0.05, 0) is 19.3 Å². The van der Waals surface area contributed by atoms with Gasteiger partial charge in [-0.2, -0.15) is 0 Å². The SMILES string of the molecule is O=S(=O)(Cl)C1(CCOCCO)CC1. The first-order valence-electron chi connectivity index (χ1n) is 4.15. The molecule has 0 aromatic rings. The number of halogens is 1. The number of aliphatic hydroxyl groups excluding tert-OH is 1. The molecule has 4 nitrogen and oxygen atoms in total. The molecule has 0 atom stereocenters. The molecule has 0 bridgehead atoms. The van der Waals surface area contributed by atoms with Crippen LogP contribution in [-0.2, 0) is 13.8 Å². The van der Waals surface area contributed by atoms with E-state index in [1.165, 1.54) is 0 Å². The topological polar surface area (TPSA) is 63.6 Å². The van der Waals surface area contributed by atoms with Crippen LogP contribution in [-0.4, -0.2) is 38.1 Å². The van der Waals surface area contributed by atoms with E-state index < -0.39 is 13.8 Å². The van der Waals surface area contributed by atoms with E-state index in [-0.39, 0.29) is 13.2 Å². The number of aliphatic hydroxyl groups is 1. The van der Waals surface area contributed by atoms with E-state index in [0.717, 1.165) is 0 Å². The molecule has 1 aliphatic carbocycles. The van der Waals surface area contributed by atoms with Crippen molar-refractivity contribution < 1.29 is 18.3 Å². The first-order chi connectivity index (χ1) is 6.02. The summed E-state index contributed by atoms with van der Waals surface area (Å²) in [5.74, 6) is 0. The molecule has 0 heterocycles. The molecule has 1 fully saturated rings. The minimum atomic E-state index is -3.45. The van der Waals surface area contributed by atoms with Crippen LogP contribution in [0, 0.1) is 0 Å². The van der Waals surface area contributed by atoms with Gasteiger partial charge in [0.1, 0.15) is 0 Å². The fourth-order valence-electron chi connectivity index (χ4n) is 1.18. The zero-order chi connectivity index (χ0) is 9.95. The van der Waals surface area contributed by atoms with Crippen LogP contribution in [0.5, 0.6) is 0 Å². The average Bonchev–Trinajstić information content (AvgIpc) is 2.77. The van der Waals surface area contributed by atoms with Crippen LogP contribution >= 0.6 is 10.7 Å². The van der Waals surface area contributed by atoms with E-state index >= 15 is 0 Å². The van der Waals surface area contributed by atoms with E-state index in [9.17, 15) is 8.42 Å². The standard InChI is InChI=1S/C7H13ClO4S/c8-13(10,11)7(1-2-7)3-5-12-6-4-9/h9H,1-6H2. The summed E-state index contributed by atoms with van der Waals surface area (Å²) in [5, 5.41) is 8.40. The molecule has 0 unspecified atom stereocenters. The molecule has 0 saturated heterocycles. The second-order valence-electron chi connectivity index (χ2n) is 3.21. The lowest BCUT2D eigenvalue weighted by molar-refractivity contribution is 0.0895. The maximum absolute atomic E-state index is 11.0. The van der Waals surface area contributed by atoms with Gasteiger partial charge in [0, 0.05) is 17.3 Å². The Morgan fingerprint density at radius 1 is 1.38 bits per heavy atom. The molecule has 13 heavy (non-hydrogen) atoms. The van der Waals surface area contributed by atoms with E-state index in [4.69, 9.17) is 20.5 Å². The summed E-state index contributed by atoms with van der Waals surface area (Å²) in [6.45, 7) is 0.547. The van der Waals surface area contributed by atoms with E-state index in [0.29, 0.717) is 25.9 Å². The number of hydrogen-bond donors (Lipinski definition) is 1. The van der Waals surface area contributed by atoms with Gasteiger partial charge >= 0.3 is 0 Å². The van der Waals surface area contributed by atoms with Gasteiger partial charge in [-0.25, -0.2) is 8.42 Å². The third-order valence-electron chi connectivity index (χ3n) is 2.26. The summed E-state index contributed by atoms with van der Waals surface area (Å²) < 4.78 is 26.3. The molecular formula is C7H13ClO4S. The predicted octanol–water partition coefficient (Wildman–Crippen LogP) is 0.487. The van der Waals surface area contributed by atoms with Gasteiger partial charge < -0.3 is 9.84 Å². The van der Waals surface area contributed by atoms with Crippen molar-refractivity contribution in [2.45, 2.75) is 24.0 Å². The highest BCUT2D eigenvalue weighted by molar-refractivity contribution is 8.15. The Balaban J connectivity index is 2.29. The summed E-state index contributed by atoms with van der Waals surface area (Å²) in [6.07, 6.45) is 1.68. The minimum absolute atomic E-state index is 0.0410. The van der Waals surface area contributed by atoms with Crippen LogP contribution in [0.15, 0.2) is 0 Å². The minimum Gasteiger partial charge on any atom is -0.394 e. The van der Waals surface area contributed by atoms with Crippen LogP contribution in [0.3, 0.4) is 0 Å². The molecule has 0 amide bonds. The van der Waals surface area contributed by atoms with Crippen molar-refractivity contribution in [2.75, 3.05) is 19.8 Å². The Kier molecular flexibility index (Phi) is 3.57. The van der Waals surface area contributed by atoms with E-state index in [1.54, 1.807) is 0 Å². The molecule has 1 rings (SSSR count). The third kappa shape index (κ3) is 2.80. The molecule has 0 radical (unpaired) electrons. The Morgan fingerprint density at radius 3 is 2.38 bits per heavy atom. The van der Waals surface area contributed by atoms with Crippen molar-refractivity contribution in [3.63, 3.8) is 0 Å². The van der Waals surface area contributed by atoms with Crippen LogP contribution in [0.1, 0.15) is 19.3 Å². The van der Waals surface area contributed by atoms with Crippen LogP contribution < -0.4 is 0 Å². The predicted molar refractivity (Wildman–Crippen MR) is 49.3 cm³/mol. The Morgan fingerprint density at radius 2 is 2.00 bits per heavy atom. The average molecular weight is 229 g/mol. The Bertz CT molecular complexity index is 258. The normalized spacial score (nSPS) is 20.2. The molecule has 0 aromatic carbocycles. The lowest BCUT2D eigenvalue weighted by Gasteiger charge is -2.10. The summed E-state index contributed by atoms with van der Waals surface area (Å²) in [7, 11) is 1.82. The molecule has 0 aliphatic heterocycles. The zero-order valence-electron chi connectivity index (χ0n) is 7.20. The largest absolute Gasteiger partial charge is 0.394 e. The molecule has 1 saturated carbocycles. The highest BCUT2D eigenvalue weighted by Crippen LogP contribution is 2.48. The van der Waals surface area contributed by atoms with Gasteiger partial charge in [0.2, 0.25) is 9.05 Å². The van der Waals surface area contributed by atoms with Crippen molar-refractivity contribution >= 4 is 19.7 Å². The Labute approximate surface area is 82.3 Å². The van der Waals surface area contributed by atoms with E-state index in [1.807, 2.05) is 0 Å². The molecule has 1 aliphatic rings. The summed E-state index contributed by atoms with van der Waals surface area (Å²) >= 11 is 0. The second-order valence-corrected chi connectivity index (χ2v) is 6.17. The third-order valence-corrected chi connectivity index (χ3v) is 4.89. The first kappa shape index (κ1) is 11.2. The molecule has 1 N–H and O–H groups in total. The van der Waals surface area contributed by atoms with Crippen molar-refractivity contribution in [1.29, 1.82) is 0 Å². The highest BCUT2D eigenvalue weighted by Gasteiger charge is 2.53. The molecule has 0 spiro atoms. The fraction of sp³-hybridized carbons (Fsp3) is 1.00. The quantitative estimate of drug-likeness (QED) is 0.531. The summed E-state index contributed by atoms with van der Waals surface area (Å²) in [6, 6.07) is 0. The second kappa shape index (κ2) is 4.13. The summed E-state index contributed by atoms with van der Waals surface area (Å²) in [4.78, 5) is 0. The molecule has 6 heteroatoms. The van der Waals surface area contributed by atoms with Crippen LogP contribution in [0.25, 0.3) is 0 Å². The number of ether oxygens (including phenoxy) is 1. The lowest BCUT2D eigenvalue weighted by atomic mass is 10.3. The number of hydrogen-bond acceptors (Lipinski definition) is 4. The maximum Gasteiger partial charge on any atom is 0.238 e. The van der Waals surface area contributed by atoms with E-state index in [2.05, 4.69) is 0 Å². The molecule has 0 aromatic heterocycles. The fourth-order valence-corrected chi connectivity index (χ4v) is 2.79. The van der Waals surface area contributed by atoms with Gasteiger partial charge in [0.05, 0.1) is 18.0 Å². The molecule has 78 valence electrons. The van der Waals surface area contributed by atoms with Crippen LogP contribution in [0.4, 0.5) is 0 Å². The van der Waals surface area contributed by atoms with Crippen molar-refractivity contribution in [1.82, 2.24) is 0 Å². The lowest BCUT2D eigenvalue weighted by Crippen LogP contribution is -2.20. The van der Waals surface area contributed by atoms with Gasteiger partial charge in [-0.1, -0.05) is 0 Å². The summed E-state index contributed by atoms with van der Waals surface area (Å²) in [5.41, 5.74) is 0. The van der Waals surface area contributed by atoms with Crippen molar-refractivity contribution in [2.24, 2.45) is 0 Å². The monoisotopic (exact) mass is 228 g/mol. The number of rotatable bonds is 6. The zero-order valence-corrected chi connectivity index (χ0v) is 8.77. The van der Waals surface area contributed by atoms with Crippen LogP contribution in [0.2, 0.25) is 0 Å². The molecular weight excluding hydrogens is 216 g/mol. The van der Waals surface area contributed by atoms with Gasteiger partial charge in [0.15, 0.2) is 0 Å². The van der Waals surface area contributed by atoms with Crippen molar-refractivity contribution in [3.8, 4) is 0 Å². The first-order valence-corrected chi connectivity index (χ1v) is 6.46. The maximum atomic E-state index is 11.0. The van der Waals surface area contributed by atoms with Crippen molar-refractivity contribution in [3.05, 3.63) is 0 Å². The van der Waals surface area contributed by atoms with Gasteiger partial charge in [0.25, 0.3) is 0 Å². The van der Waals surface area contributed by atoms with Gasteiger partial charge in [-0.3, -0.25) is 0 Å². The van der Waals surface area contributed by atoms with Gasteiger partial charge in [-0.15, -0.1) is 0 Å². The highest BCUT2D eigenvalue weighted by atomic mass is 35.7. The smallest absolute Gasteiger partial charge is 0.238 e. The Hall–Kier alpha value is 0.160.